The molecule has 0 saturated heterocycles. The van der Waals surface area contributed by atoms with Crippen molar-refractivity contribution in [3.05, 3.63) is 78.4 Å². The first-order valence-corrected chi connectivity index (χ1v) is 9.11. The van der Waals surface area contributed by atoms with Gasteiger partial charge >= 0.3 is 6.03 Å². The molecule has 1 aliphatic heterocycles. The second-order valence-corrected chi connectivity index (χ2v) is 6.40. The molecule has 0 spiro atoms. The van der Waals surface area contributed by atoms with Crippen LogP contribution < -0.4 is 10.1 Å². The molecule has 1 atom stereocenters. The van der Waals surface area contributed by atoms with Gasteiger partial charge in [-0.25, -0.2) is 4.79 Å². The number of benzene rings is 1. The number of amides is 2. The summed E-state index contributed by atoms with van der Waals surface area (Å²) in [5, 5.41) is 3.01. The van der Waals surface area contributed by atoms with Crippen molar-refractivity contribution in [2.45, 2.75) is 19.5 Å². The zero-order chi connectivity index (χ0) is 18.6. The number of pyridine rings is 1. The van der Waals surface area contributed by atoms with Crippen molar-refractivity contribution in [2.75, 3.05) is 18.5 Å². The second-order valence-electron chi connectivity index (χ2n) is 6.40. The maximum Gasteiger partial charge on any atom is 0.322 e. The number of carbonyl (C=O) groups is 1. The molecule has 1 N–H and O–H groups in total. The van der Waals surface area contributed by atoms with E-state index in [9.17, 15) is 4.79 Å². The molecular formula is C21H22N4O2. The summed E-state index contributed by atoms with van der Waals surface area (Å²) in [6.45, 7) is 3.96. The van der Waals surface area contributed by atoms with Crippen LogP contribution in [-0.4, -0.2) is 33.6 Å². The number of fused-ring (bicyclic) bond motifs is 1. The first-order valence-electron chi connectivity index (χ1n) is 9.11. The van der Waals surface area contributed by atoms with E-state index in [4.69, 9.17) is 4.74 Å². The van der Waals surface area contributed by atoms with Gasteiger partial charge in [-0.15, -0.1) is 0 Å². The highest BCUT2D eigenvalue weighted by molar-refractivity contribution is 5.90. The van der Waals surface area contributed by atoms with Gasteiger partial charge in [0.25, 0.3) is 0 Å². The Morgan fingerprint density at radius 3 is 2.78 bits per heavy atom. The number of hydrogen-bond donors (Lipinski definition) is 1. The number of anilines is 1. The van der Waals surface area contributed by atoms with Gasteiger partial charge in [-0.2, -0.15) is 0 Å². The van der Waals surface area contributed by atoms with Crippen LogP contribution in [0.1, 0.15) is 24.2 Å². The van der Waals surface area contributed by atoms with E-state index in [1.807, 2.05) is 60.5 Å². The minimum Gasteiger partial charge on any atom is -0.494 e. The molecule has 0 unspecified atom stereocenters. The van der Waals surface area contributed by atoms with Crippen LogP contribution in [0, 0.1) is 0 Å². The van der Waals surface area contributed by atoms with E-state index in [0.29, 0.717) is 13.2 Å². The van der Waals surface area contributed by atoms with Crippen LogP contribution in [0.25, 0.3) is 0 Å². The van der Waals surface area contributed by atoms with Crippen molar-refractivity contribution in [1.29, 1.82) is 0 Å². The molecule has 6 nitrogen and oxygen atoms in total. The summed E-state index contributed by atoms with van der Waals surface area (Å²) >= 11 is 0. The van der Waals surface area contributed by atoms with E-state index >= 15 is 0 Å². The molecule has 0 saturated carbocycles. The Morgan fingerprint density at radius 2 is 2.04 bits per heavy atom. The quantitative estimate of drug-likeness (QED) is 0.765. The van der Waals surface area contributed by atoms with Gasteiger partial charge in [0.15, 0.2) is 0 Å². The number of ether oxygens (including phenoxy) is 1. The van der Waals surface area contributed by atoms with Crippen molar-refractivity contribution in [3.63, 3.8) is 0 Å². The molecule has 1 aromatic carbocycles. The minimum atomic E-state index is -0.162. The minimum absolute atomic E-state index is 0.125. The van der Waals surface area contributed by atoms with E-state index in [2.05, 4.69) is 27.1 Å². The summed E-state index contributed by atoms with van der Waals surface area (Å²) in [4.78, 5) is 19.2. The smallest absolute Gasteiger partial charge is 0.322 e. The summed E-state index contributed by atoms with van der Waals surface area (Å²) in [6, 6.07) is 15.1. The average molecular weight is 362 g/mol. The molecule has 6 heteroatoms. The second kappa shape index (κ2) is 7.53. The van der Waals surface area contributed by atoms with E-state index in [-0.39, 0.29) is 12.1 Å². The van der Waals surface area contributed by atoms with Crippen LogP contribution in [0.15, 0.2) is 67.1 Å². The van der Waals surface area contributed by atoms with Gasteiger partial charge in [0, 0.05) is 43.1 Å². The van der Waals surface area contributed by atoms with Crippen LogP contribution in [0.5, 0.6) is 5.75 Å². The molecule has 3 aromatic rings. The Balaban J connectivity index is 1.58. The van der Waals surface area contributed by atoms with Crippen molar-refractivity contribution in [1.82, 2.24) is 14.5 Å². The molecule has 0 fully saturated rings. The van der Waals surface area contributed by atoms with E-state index < -0.39 is 0 Å². The zero-order valence-corrected chi connectivity index (χ0v) is 15.2. The fourth-order valence-corrected chi connectivity index (χ4v) is 3.49. The predicted octanol–water partition coefficient (Wildman–Crippen LogP) is 3.92. The Kier molecular flexibility index (Phi) is 4.78. The van der Waals surface area contributed by atoms with E-state index in [1.54, 1.807) is 6.20 Å². The van der Waals surface area contributed by atoms with Gasteiger partial charge in [0.05, 0.1) is 6.61 Å². The lowest BCUT2D eigenvalue weighted by Gasteiger charge is -2.37. The Hall–Kier alpha value is -3.28. The van der Waals surface area contributed by atoms with E-state index in [0.717, 1.165) is 29.2 Å². The van der Waals surface area contributed by atoms with Crippen molar-refractivity contribution >= 4 is 11.7 Å². The fraction of sp³-hybridized carbons (Fsp3) is 0.238. The molecule has 4 rings (SSSR count). The molecule has 0 bridgehead atoms. The van der Waals surface area contributed by atoms with Crippen LogP contribution in [0.2, 0.25) is 0 Å². The summed E-state index contributed by atoms with van der Waals surface area (Å²) in [5.41, 5.74) is 2.84. The summed E-state index contributed by atoms with van der Waals surface area (Å²) in [6.07, 6.45) is 5.63. The van der Waals surface area contributed by atoms with Gasteiger partial charge in [0.2, 0.25) is 0 Å². The summed E-state index contributed by atoms with van der Waals surface area (Å²) in [7, 11) is 0. The number of rotatable bonds is 4. The van der Waals surface area contributed by atoms with Crippen molar-refractivity contribution in [2.24, 2.45) is 0 Å². The molecule has 2 amide bonds. The molecular weight excluding hydrogens is 340 g/mol. The van der Waals surface area contributed by atoms with Crippen LogP contribution in [-0.2, 0) is 6.54 Å². The highest BCUT2D eigenvalue weighted by atomic mass is 16.5. The molecule has 1 aliphatic rings. The van der Waals surface area contributed by atoms with Gasteiger partial charge in [-0.3, -0.25) is 4.98 Å². The molecule has 0 aliphatic carbocycles. The summed E-state index contributed by atoms with van der Waals surface area (Å²) in [5.74, 6) is 0.791. The average Bonchev–Trinajstić information content (AvgIpc) is 3.18. The van der Waals surface area contributed by atoms with Gasteiger partial charge in [-0.1, -0.05) is 6.07 Å². The third kappa shape index (κ3) is 3.51. The largest absolute Gasteiger partial charge is 0.494 e. The Morgan fingerprint density at radius 1 is 1.19 bits per heavy atom. The molecule has 0 radical (unpaired) electrons. The first-order chi connectivity index (χ1) is 13.3. The standard InChI is InChI=1S/C21H22N4O2/c1-2-27-18-9-7-17(8-10-18)23-21(26)25-14-13-24-12-4-6-19(24)20(25)16-5-3-11-22-15-16/h3-12,15,20H,2,13-14H2,1H3,(H,23,26)/t20-/m1/s1. The number of carbonyl (C=O) groups excluding carboxylic acids is 1. The number of hydrogen-bond acceptors (Lipinski definition) is 3. The highest BCUT2D eigenvalue weighted by Gasteiger charge is 2.32. The highest BCUT2D eigenvalue weighted by Crippen LogP contribution is 2.32. The first kappa shape index (κ1) is 17.1. The number of aromatic nitrogens is 2. The van der Waals surface area contributed by atoms with Crippen molar-refractivity contribution in [3.8, 4) is 5.75 Å². The molecule has 27 heavy (non-hydrogen) atoms. The van der Waals surface area contributed by atoms with Gasteiger partial charge in [0.1, 0.15) is 11.8 Å². The Bertz CT molecular complexity index is 905. The number of nitrogens with one attached hydrogen (secondary N) is 1. The maximum absolute atomic E-state index is 13.0. The fourth-order valence-electron chi connectivity index (χ4n) is 3.49. The molecule has 3 heterocycles. The topological polar surface area (TPSA) is 59.4 Å². The van der Waals surface area contributed by atoms with Crippen LogP contribution in [0.3, 0.4) is 0 Å². The molecule has 138 valence electrons. The van der Waals surface area contributed by atoms with Crippen LogP contribution in [0.4, 0.5) is 10.5 Å². The van der Waals surface area contributed by atoms with Crippen LogP contribution >= 0.6 is 0 Å². The summed E-state index contributed by atoms with van der Waals surface area (Å²) < 4.78 is 7.65. The third-order valence-electron chi connectivity index (χ3n) is 4.72. The maximum atomic E-state index is 13.0. The lowest BCUT2D eigenvalue weighted by Crippen LogP contribution is -2.44. The number of nitrogens with zero attached hydrogens (tertiary/aromatic N) is 3. The predicted molar refractivity (Wildman–Crippen MR) is 104 cm³/mol. The third-order valence-corrected chi connectivity index (χ3v) is 4.72. The SMILES string of the molecule is CCOc1ccc(NC(=O)N2CCn3cccc3[C@H]2c2cccnc2)cc1. The van der Waals surface area contributed by atoms with Crippen molar-refractivity contribution < 1.29 is 9.53 Å². The number of urea groups is 1. The normalized spacial score (nSPS) is 15.9. The molecule has 2 aromatic heterocycles. The monoisotopic (exact) mass is 362 g/mol. The van der Waals surface area contributed by atoms with E-state index in [1.165, 1.54) is 0 Å². The Labute approximate surface area is 158 Å². The van der Waals surface area contributed by atoms with Gasteiger partial charge < -0.3 is 19.5 Å². The van der Waals surface area contributed by atoms with Gasteiger partial charge in [-0.05, 0) is 55.0 Å². The zero-order valence-electron chi connectivity index (χ0n) is 15.2. The lowest BCUT2D eigenvalue weighted by atomic mass is 10.0. The lowest BCUT2D eigenvalue weighted by molar-refractivity contribution is 0.181.